The maximum Gasteiger partial charge on any atom is 0.224 e. The number of rotatable bonds is 4. The van der Waals surface area contributed by atoms with Crippen molar-refractivity contribution in [3.05, 3.63) is 23.8 Å². The van der Waals surface area contributed by atoms with Crippen molar-refractivity contribution in [3.63, 3.8) is 0 Å². The number of benzene rings is 1. The van der Waals surface area contributed by atoms with Crippen molar-refractivity contribution in [2.75, 3.05) is 20.8 Å². The van der Waals surface area contributed by atoms with Gasteiger partial charge in [0.2, 0.25) is 5.90 Å². The fourth-order valence-electron chi connectivity index (χ4n) is 1.93. The van der Waals surface area contributed by atoms with E-state index < -0.39 is 0 Å². The Morgan fingerprint density at radius 1 is 1.22 bits per heavy atom. The van der Waals surface area contributed by atoms with E-state index in [4.69, 9.17) is 14.2 Å². The van der Waals surface area contributed by atoms with E-state index >= 15 is 0 Å². The zero-order chi connectivity index (χ0) is 13.1. The first kappa shape index (κ1) is 12.7. The molecule has 1 aromatic carbocycles. The van der Waals surface area contributed by atoms with E-state index in [9.17, 15) is 0 Å². The van der Waals surface area contributed by atoms with Gasteiger partial charge in [-0.25, -0.2) is 4.99 Å². The Bertz CT molecular complexity index is 432. The Labute approximate surface area is 108 Å². The molecule has 0 radical (unpaired) electrons. The quantitative estimate of drug-likeness (QED) is 0.823. The first-order chi connectivity index (χ1) is 8.67. The van der Waals surface area contributed by atoms with Crippen molar-refractivity contribution >= 4 is 5.90 Å². The standard InChI is InChI=1S/C14H19NO3/c1-9(2)10-8-18-14(15-10)13-11(16-3)6-5-7-12(13)17-4/h5-7,9-10H,8H2,1-4H3/t10-/m0/s1. The lowest BCUT2D eigenvalue weighted by Gasteiger charge is -2.12. The van der Waals surface area contributed by atoms with Gasteiger partial charge in [0.05, 0.1) is 20.3 Å². The Hall–Kier alpha value is -1.71. The van der Waals surface area contributed by atoms with Crippen molar-refractivity contribution in [2.45, 2.75) is 19.9 Å². The molecule has 0 aliphatic carbocycles. The van der Waals surface area contributed by atoms with Gasteiger partial charge in [-0.1, -0.05) is 19.9 Å². The lowest BCUT2D eigenvalue weighted by Crippen LogP contribution is -2.13. The van der Waals surface area contributed by atoms with Crippen LogP contribution >= 0.6 is 0 Å². The first-order valence-electron chi connectivity index (χ1n) is 6.09. The fraction of sp³-hybridized carbons (Fsp3) is 0.500. The Morgan fingerprint density at radius 2 is 1.83 bits per heavy atom. The SMILES string of the molecule is COc1cccc(OC)c1C1=N[C@H](C(C)C)CO1. The fourth-order valence-corrected chi connectivity index (χ4v) is 1.93. The van der Waals surface area contributed by atoms with Gasteiger partial charge in [0.15, 0.2) is 0 Å². The van der Waals surface area contributed by atoms with Gasteiger partial charge < -0.3 is 14.2 Å². The molecule has 0 saturated heterocycles. The van der Waals surface area contributed by atoms with Crippen LogP contribution in [0.1, 0.15) is 19.4 Å². The molecule has 0 saturated carbocycles. The summed E-state index contributed by atoms with van der Waals surface area (Å²) in [5.74, 6) is 2.52. The zero-order valence-corrected chi connectivity index (χ0v) is 11.3. The summed E-state index contributed by atoms with van der Waals surface area (Å²) in [5, 5.41) is 0. The van der Waals surface area contributed by atoms with Crippen molar-refractivity contribution in [2.24, 2.45) is 10.9 Å². The number of methoxy groups -OCH3 is 2. The van der Waals surface area contributed by atoms with Crippen LogP contribution in [0.2, 0.25) is 0 Å². The molecule has 0 amide bonds. The predicted molar refractivity (Wildman–Crippen MR) is 70.7 cm³/mol. The Kier molecular flexibility index (Phi) is 3.75. The molecular weight excluding hydrogens is 230 g/mol. The molecule has 0 N–H and O–H groups in total. The average molecular weight is 249 g/mol. The van der Waals surface area contributed by atoms with Gasteiger partial charge in [-0.3, -0.25) is 0 Å². The van der Waals surface area contributed by atoms with Crippen LogP contribution in [0, 0.1) is 5.92 Å². The van der Waals surface area contributed by atoms with Crippen LogP contribution in [0.5, 0.6) is 11.5 Å². The summed E-state index contributed by atoms with van der Waals surface area (Å²) in [6.45, 7) is 4.90. The normalized spacial score (nSPS) is 18.5. The lowest BCUT2D eigenvalue weighted by molar-refractivity contribution is 0.289. The molecule has 0 aromatic heterocycles. The molecule has 0 fully saturated rings. The van der Waals surface area contributed by atoms with Crippen LogP contribution in [-0.2, 0) is 4.74 Å². The summed E-state index contributed by atoms with van der Waals surface area (Å²) >= 11 is 0. The van der Waals surface area contributed by atoms with Crippen LogP contribution in [0.25, 0.3) is 0 Å². The minimum atomic E-state index is 0.203. The summed E-state index contributed by atoms with van der Waals surface area (Å²) in [6, 6.07) is 5.85. The molecule has 0 unspecified atom stereocenters. The zero-order valence-electron chi connectivity index (χ0n) is 11.3. The number of nitrogens with zero attached hydrogens (tertiary/aromatic N) is 1. The number of hydrogen-bond donors (Lipinski definition) is 0. The van der Waals surface area contributed by atoms with Crippen LogP contribution in [-0.4, -0.2) is 32.8 Å². The highest BCUT2D eigenvalue weighted by Crippen LogP contribution is 2.31. The van der Waals surface area contributed by atoms with Gasteiger partial charge in [-0.05, 0) is 18.1 Å². The van der Waals surface area contributed by atoms with Gasteiger partial charge in [-0.2, -0.15) is 0 Å². The molecule has 1 aromatic rings. The summed E-state index contributed by atoms with van der Waals surface area (Å²) < 4.78 is 16.4. The Balaban J connectivity index is 2.41. The van der Waals surface area contributed by atoms with E-state index in [1.807, 2.05) is 18.2 Å². The second kappa shape index (κ2) is 5.29. The van der Waals surface area contributed by atoms with Crippen LogP contribution in [0.3, 0.4) is 0 Å². The minimum Gasteiger partial charge on any atom is -0.496 e. The van der Waals surface area contributed by atoms with Crippen LogP contribution in [0.4, 0.5) is 0 Å². The van der Waals surface area contributed by atoms with E-state index in [1.54, 1.807) is 14.2 Å². The highest BCUT2D eigenvalue weighted by Gasteiger charge is 2.27. The molecule has 98 valence electrons. The van der Waals surface area contributed by atoms with Gasteiger partial charge in [0.25, 0.3) is 0 Å². The molecule has 0 bridgehead atoms. The van der Waals surface area contributed by atoms with Gasteiger partial charge in [-0.15, -0.1) is 0 Å². The summed E-state index contributed by atoms with van der Waals surface area (Å²) in [4.78, 5) is 4.61. The summed E-state index contributed by atoms with van der Waals surface area (Å²) in [6.07, 6.45) is 0. The summed E-state index contributed by atoms with van der Waals surface area (Å²) in [7, 11) is 3.27. The van der Waals surface area contributed by atoms with E-state index in [-0.39, 0.29) is 6.04 Å². The molecule has 1 heterocycles. The molecule has 2 rings (SSSR count). The van der Waals surface area contributed by atoms with Crippen molar-refractivity contribution < 1.29 is 14.2 Å². The molecule has 4 heteroatoms. The predicted octanol–water partition coefficient (Wildman–Crippen LogP) is 2.51. The third kappa shape index (κ3) is 2.28. The van der Waals surface area contributed by atoms with E-state index in [1.165, 1.54) is 0 Å². The van der Waals surface area contributed by atoms with E-state index in [0.717, 1.165) is 17.1 Å². The third-order valence-corrected chi connectivity index (χ3v) is 3.09. The lowest BCUT2D eigenvalue weighted by atomic mass is 10.1. The molecule has 4 nitrogen and oxygen atoms in total. The first-order valence-corrected chi connectivity index (χ1v) is 6.09. The molecule has 1 aliphatic heterocycles. The number of aliphatic imine (C=N–C) groups is 1. The molecule has 1 aliphatic rings. The summed E-state index contributed by atoms with van der Waals surface area (Å²) in [5.41, 5.74) is 0.797. The minimum absolute atomic E-state index is 0.203. The smallest absolute Gasteiger partial charge is 0.224 e. The molecule has 0 spiro atoms. The number of hydrogen-bond acceptors (Lipinski definition) is 4. The maximum absolute atomic E-state index is 5.69. The van der Waals surface area contributed by atoms with Gasteiger partial charge in [0, 0.05) is 0 Å². The second-order valence-electron chi connectivity index (χ2n) is 4.59. The third-order valence-electron chi connectivity index (χ3n) is 3.09. The topological polar surface area (TPSA) is 40.0 Å². The van der Waals surface area contributed by atoms with Gasteiger partial charge in [0.1, 0.15) is 23.7 Å². The highest BCUT2D eigenvalue weighted by molar-refractivity contribution is 6.00. The second-order valence-corrected chi connectivity index (χ2v) is 4.59. The Morgan fingerprint density at radius 3 is 2.28 bits per heavy atom. The van der Waals surface area contributed by atoms with E-state index in [2.05, 4.69) is 18.8 Å². The van der Waals surface area contributed by atoms with Crippen molar-refractivity contribution in [1.82, 2.24) is 0 Å². The highest BCUT2D eigenvalue weighted by atomic mass is 16.5. The molecule has 1 atom stereocenters. The van der Waals surface area contributed by atoms with Crippen molar-refractivity contribution in [3.8, 4) is 11.5 Å². The van der Waals surface area contributed by atoms with Gasteiger partial charge >= 0.3 is 0 Å². The van der Waals surface area contributed by atoms with Crippen molar-refractivity contribution in [1.29, 1.82) is 0 Å². The van der Waals surface area contributed by atoms with E-state index in [0.29, 0.717) is 18.4 Å². The number of ether oxygens (including phenoxy) is 3. The monoisotopic (exact) mass is 249 g/mol. The largest absolute Gasteiger partial charge is 0.496 e. The molecular formula is C14H19NO3. The van der Waals surface area contributed by atoms with Crippen LogP contribution in [0.15, 0.2) is 23.2 Å². The average Bonchev–Trinajstić information content (AvgIpc) is 2.87. The van der Waals surface area contributed by atoms with Crippen LogP contribution < -0.4 is 9.47 Å². The molecule has 18 heavy (non-hydrogen) atoms. The maximum atomic E-state index is 5.69.